The quantitative estimate of drug-likeness (QED) is 0.785. The SMILES string of the molecule is O=C(Nn1cccc1)c1ccnc(F)c1F. The fourth-order valence-corrected chi connectivity index (χ4v) is 1.18. The van der Waals surface area contributed by atoms with Crippen LogP contribution in [-0.4, -0.2) is 15.6 Å². The van der Waals surface area contributed by atoms with Crippen LogP contribution in [0.2, 0.25) is 0 Å². The Morgan fingerprint density at radius 2 is 2.00 bits per heavy atom. The second kappa shape index (κ2) is 4.09. The molecule has 2 aromatic heterocycles. The van der Waals surface area contributed by atoms with Crippen molar-refractivity contribution in [3.63, 3.8) is 0 Å². The van der Waals surface area contributed by atoms with Gasteiger partial charge in [0.15, 0.2) is 5.82 Å². The van der Waals surface area contributed by atoms with Gasteiger partial charge in [-0.1, -0.05) is 0 Å². The number of carbonyl (C=O) groups excluding carboxylic acids is 1. The van der Waals surface area contributed by atoms with Crippen LogP contribution in [-0.2, 0) is 0 Å². The van der Waals surface area contributed by atoms with Crippen molar-refractivity contribution in [3.05, 3.63) is 54.1 Å². The molecule has 0 aliphatic carbocycles. The van der Waals surface area contributed by atoms with E-state index in [1.807, 2.05) is 0 Å². The third kappa shape index (κ3) is 1.90. The van der Waals surface area contributed by atoms with Gasteiger partial charge in [0.1, 0.15) is 0 Å². The van der Waals surface area contributed by atoms with Gasteiger partial charge in [0.25, 0.3) is 5.91 Å². The predicted octanol–water partition coefficient (Wildman–Crippen LogP) is 1.55. The maximum absolute atomic E-state index is 13.2. The second-order valence-corrected chi connectivity index (χ2v) is 2.99. The highest BCUT2D eigenvalue weighted by atomic mass is 19.2. The number of amides is 1. The third-order valence-corrected chi connectivity index (χ3v) is 1.93. The largest absolute Gasteiger partial charge is 0.273 e. The topological polar surface area (TPSA) is 46.9 Å². The second-order valence-electron chi connectivity index (χ2n) is 2.99. The van der Waals surface area contributed by atoms with Crippen molar-refractivity contribution in [2.24, 2.45) is 0 Å². The molecule has 1 amide bonds. The average molecular weight is 223 g/mol. The Labute approximate surface area is 89.5 Å². The van der Waals surface area contributed by atoms with Gasteiger partial charge in [-0.25, -0.2) is 9.37 Å². The Balaban J connectivity index is 2.24. The highest BCUT2D eigenvalue weighted by molar-refractivity contribution is 6.00. The van der Waals surface area contributed by atoms with Gasteiger partial charge in [0, 0.05) is 18.6 Å². The molecule has 0 saturated heterocycles. The lowest BCUT2D eigenvalue weighted by molar-refractivity contribution is 0.100. The van der Waals surface area contributed by atoms with Crippen molar-refractivity contribution in [2.75, 3.05) is 5.43 Å². The lowest BCUT2D eigenvalue weighted by atomic mass is 10.2. The van der Waals surface area contributed by atoms with E-state index >= 15 is 0 Å². The molecule has 2 heterocycles. The first-order valence-electron chi connectivity index (χ1n) is 4.43. The summed E-state index contributed by atoms with van der Waals surface area (Å²) in [5, 5.41) is 0. The van der Waals surface area contributed by atoms with Crippen molar-refractivity contribution in [1.82, 2.24) is 9.66 Å². The van der Waals surface area contributed by atoms with Crippen molar-refractivity contribution >= 4 is 5.91 Å². The molecule has 0 aromatic carbocycles. The van der Waals surface area contributed by atoms with Crippen molar-refractivity contribution in [1.29, 1.82) is 0 Å². The fourth-order valence-electron chi connectivity index (χ4n) is 1.18. The molecule has 6 heteroatoms. The summed E-state index contributed by atoms with van der Waals surface area (Å²) in [5.41, 5.74) is 1.96. The van der Waals surface area contributed by atoms with Gasteiger partial charge < -0.3 is 0 Å². The monoisotopic (exact) mass is 223 g/mol. The molecule has 2 aromatic rings. The number of nitrogens with one attached hydrogen (secondary N) is 1. The van der Waals surface area contributed by atoms with Gasteiger partial charge in [-0.2, -0.15) is 4.39 Å². The Hall–Kier alpha value is -2.24. The summed E-state index contributed by atoms with van der Waals surface area (Å²) in [6, 6.07) is 4.48. The van der Waals surface area contributed by atoms with E-state index in [0.717, 1.165) is 12.3 Å². The van der Waals surface area contributed by atoms with Gasteiger partial charge in [0.2, 0.25) is 5.95 Å². The highest BCUT2D eigenvalue weighted by Gasteiger charge is 2.15. The van der Waals surface area contributed by atoms with Gasteiger partial charge >= 0.3 is 0 Å². The minimum absolute atomic E-state index is 0.388. The van der Waals surface area contributed by atoms with Gasteiger partial charge in [-0.05, 0) is 18.2 Å². The molecule has 0 radical (unpaired) electrons. The molecule has 0 spiro atoms. The summed E-state index contributed by atoms with van der Waals surface area (Å²) >= 11 is 0. The van der Waals surface area contributed by atoms with Crippen LogP contribution in [0.4, 0.5) is 8.78 Å². The van der Waals surface area contributed by atoms with Gasteiger partial charge in [-0.15, -0.1) is 0 Å². The predicted molar refractivity (Wildman–Crippen MR) is 52.3 cm³/mol. The summed E-state index contributed by atoms with van der Waals surface area (Å²) < 4.78 is 27.3. The van der Waals surface area contributed by atoms with Crippen LogP contribution in [0.25, 0.3) is 0 Å². The molecular formula is C10H7F2N3O. The molecule has 0 unspecified atom stereocenters. The van der Waals surface area contributed by atoms with Crippen molar-refractivity contribution in [2.45, 2.75) is 0 Å². The Kier molecular flexibility index (Phi) is 2.63. The van der Waals surface area contributed by atoms with Crippen LogP contribution >= 0.6 is 0 Å². The minimum Gasteiger partial charge on any atom is -0.268 e. The van der Waals surface area contributed by atoms with E-state index in [2.05, 4.69) is 10.4 Å². The molecule has 16 heavy (non-hydrogen) atoms. The van der Waals surface area contributed by atoms with E-state index in [1.54, 1.807) is 24.5 Å². The lowest BCUT2D eigenvalue weighted by Gasteiger charge is -2.06. The highest BCUT2D eigenvalue weighted by Crippen LogP contribution is 2.08. The normalized spacial score (nSPS) is 10.1. The molecule has 2 rings (SSSR count). The Morgan fingerprint density at radius 3 is 2.69 bits per heavy atom. The standard InChI is InChI=1S/C10H7F2N3O/c11-8-7(3-4-13-9(8)12)10(16)14-15-5-1-2-6-15/h1-6H,(H,14,16). The van der Waals surface area contributed by atoms with E-state index in [0.29, 0.717) is 0 Å². The maximum atomic E-state index is 13.2. The van der Waals surface area contributed by atoms with Crippen LogP contribution in [0.3, 0.4) is 0 Å². The smallest absolute Gasteiger partial charge is 0.268 e. The number of halogens is 2. The summed E-state index contributed by atoms with van der Waals surface area (Å²) in [5.74, 6) is -3.29. The van der Waals surface area contributed by atoms with Gasteiger partial charge in [0.05, 0.1) is 5.56 Å². The summed E-state index contributed by atoms with van der Waals surface area (Å²) in [4.78, 5) is 14.6. The van der Waals surface area contributed by atoms with E-state index < -0.39 is 17.7 Å². The lowest BCUT2D eigenvalue weighted by Crippen LogP contribution is -2.22. The number of hydrogen-bond acceptors (Lipinski definition) is 2. The number of aromatic nitrogens is 2. The van der Waals surface area contributed by atoms with Crippen LogP contribution in [0.1, 0.15) is 10.4 Å². The van der Waals surface area contributed by atoms with Crippen molar-refractivity contribution in [3.8, 4) is 0 Å². The number of carbonyl (C=O) groups is 1. The van der Waals surface area contributed by atoms with E-state index in [9.17, 15) is 13.6 Å². The van der Waals surface area contributed by atoms with Crippen molar-refractivity contribution < 1.29 is 13.6 Å². The zero-order chi connectivity index (χ0) is 11.5. The number of nitrogens with zero attached hydrogens (tertiary/aromatic N) is 2. The van der Waals surface area contributed by atoms with Crippen LogP contribution in [0.5, 0.6) is 0 Å². The molecule has 0 fully saturated rings. The molecular weight excluding hydrogens is 216 g/mol. The van der Waals surface area contributed by atoms with Crippen LogP contribution in [0.15, 0.2) is 36.8 Å². The number of pyridine rings is 1. The Bertz CT molecular complexity index is 511. The average Bonchev–Trinajstić information content (AvgIpc) is 2.74. The summed E-state index contributed by atoms with van der Waals surface area (Å²) in [6.45, 7) is 0. The third-order valence-electron chi connectivity index (χ3n) is 1.93. The molecule has 0 saturated carbocycles. The molecule has 0 bridgehead atoms. The molecule has 0 aliphatic heterocycles. The van der Waals surface area contributed by atoms with Gasteiger partial charge in [-0.3, -0.25) is 14.9 Å². The molecule has 82 valence electrons. The fraction of sp³-hybridized carbons (Fsp3) is 0. The molecule has 0 aliphatic rings. The zero-order valence-corrected chi connectivity index (χ0v) is 8.02. The summed E-state index contributed by atoms with van der Waals surface area (Å²) in [6.07, 6.45) is 4.16. The maximum Gasteiger partial charge on any atom is 0.273 e. The first-order chi connectivity index (χ1) is 7.68. The Morgan fingerprint density at radius 1 is 1.31 bits per heavy atom. The molecule has 1 N–H and O–H groups in total. The van der Waals surface area contributed by atoms with E-state index in [-0.39, 0.29) is 5.56 Å². The van der Waals surface area contributed by atoms with E-state index in [1.165, 1.54) is 4.68 Å². The number of rotatable bonds is 2. The first kappa shape index (κ1) is 10.3. The van der Waals surface area contributed by atoms with Crippen LogP contribution in [0, 0.1) is 11.8 Å². The zero-order valence-electron chi connectivity index (χ0n) is 8.02. The molecule has 0 atom stereocenters. The van der Waals surface area contributed by atoms with E-state index in [4.69, 9.17) is 0 Å². The molecule has 4 nitrogen and oxygen atoms in total. The number of hydrogen-bond donors (Lipinski definition) is 1. The first-order valence-corrected chi connectivity index (χ1v) is 4.43. The van der Waals surface area contributed by atoms with Crippen LogP contribution < -0.4 is 5.43 Å². The minimum atomic E-state index is -1.29. The summed E-state index contributed by atoms with van der Waals surface area (Å²) in [7, 11) is 0.